The lowest BCUT2D eigenvalue weighted by atomic mass is 9.82. The second kappa shape index (κ2) is 27.8. The Morgan fingerprint density at radius 1 is 0.718 bits per heavy atom. The highest BCUT2D eigenvalue weighted by atomic mass is 32.2. The monoisotopic (exact) mass is 1240 g/mol. The molecule has 0 bridgehead atoms. The molecule has 2 saturated heterocycles. The minimum atomic E-state index is -4.59. The van der Waals surface area contributed by atoms with E-state index in [-0.39, 0.29) is 12.8 Å². The Morgan fingerprint density at radius 3 is 1.73 bits per heavy atom. The fraction of sp³-hybridized carbons (Fsp3) is 0.774. The first-order chi connectivity index (χ1) is 38.7. The second-order valence-corrected chi connectivity index (χ2v) is 27.8. The number of benzene rings is 1. The molecule has 13 atom stereocenters. The molecule has 1 aliphatic carbocycles. The summed E-state index contributed by atoms with van der Waals surface area (Å²) in [7, 11) is -3.35. The van der Waals surface area contributed by atoms with Crippen LogP contribution in [0.1, 0.15) is 130 Å². The topological polar surface area (TPSA) is 410 Å². The van der Waals surface area contributed by atoms with Crippen molar-refractivity contribution in [3.05, 3.63) is 34.4 Å². The zero-order chi connectivity index (χ0) is 64.7. The third-order valence-corrected chi connectivity index (χ3v) is 13.8. The van der Waals surface area contributed by atoms with Gasteiger partial charge in [0, 0.05) is 19.7 Å². The number of hydrogen-bond donors (Lipinski definition) is 9. The molecule has 9 N–H and O–H groups in total. The van der Waals surface area contributed by atoms with Gasteiger partial charge in [-0.25, -0.2) is 47.5 Å². The largest absolute Gasteiger partial charge is 0.444 e. The third-order valence-electron chi connectivity index (χ3n) is 12.4. The number of hydrazine groups is 1. The van der Waals surface area contributed by atoms with E-state index in [0.717, 1.165) is 17.0 Å². The van der Waals surface area contributed by atoms with E-state index in [1.54, 1.807) is 83.1 Å². The maximum atomic E-state index is 14.4. The molecule has 1 unspecified atom stereocenters. The summed E-state index contributed by atoms with van der Waals surface area (Å²) in [4.78, 5) is 92.7. The van der Waals surface area contributed by atoms with Gasteiger partial charge in [-0.1, -0.05) is 12.1 Å². The minimum absolute atomic E-state index is 0.00689. The average Bonchev–Trinajstić information content (AvgIpc) is 1.07. The summed E-state index contributed by atoms with van der Waals surface area (Å²) in [6.07, 6.45) is -20.8. The van der Waals surface area contributed by atoms with Crippen LogP contribution < -0.4 is 26.1 Å². The molecule has 1 saturated carbocycles. The smallest absolute Gasteiger partial charge is 0.429 e. The molecule has 4 rings (SSSR count). The van der Waals surface area contributed by atoms with Crippen LogP contribution >= 0.6 is 0 Å². The predicted molar refractivity (Wildman–Crippen MR) is 297 cm³/mol. The van der Waals surface area contributed by atoms with E-state index < -0.39 is 195 Å². The van der Waals surface area contributed by atoms with E-state index in [1.807, 2.05) is 0 Å². The number of rotatable bonds is 16. The van der Waals surface area contributed by atoms with Crippen LogP contribution in [-0.4, -0.2) is 214 Å². The van der Waals surface area contributed by atoms with E-state index in [0.29, 0.717) is 5.01 Å². The number of nitrogens with one attached hydrogen (secondary N) is 5. The maximum Gasteiger partial charge on any atom is 0.429 e. The summed E-state index contributed by atoms with van der Waals surface area (Å²) in [6, 6.07) is -1.24. The van der Waals surface area contributed by atoms with Crippen LogP contribution in [0, 0.1) is 10.1 Å². The van der Waals surface area contributed by atoms with Crippen molar-refractivity contribution < 1.29 is 105 Å². The molecule has 85 heavy (non-hydrogen) atoms. The van der Waals surface area contributed by atoms with Gasteiger partial charge in [0.2, 0.25) is 10.0 Å². The summed E-state index contributed by atoms with van der Waals surface area (Å²) in [6.45, 7) is 22.5. The molecule has 32 heteroatoms. The molecular weight excluding hydrogens is 1150 g/mol. The molecule has 6 amide bonds. The second-order valence-electron chi connectivity index (χ2n) is 26.1. The highest BCUT2D eigenvalue weighted by Gasteiger charge is 2.55. The third kappa shape index (κ3) is 22.0. The summed E-state index contributed by atoms with van der Waals surface area (Å²) in [5, 5.41) is 68.2. The molecule has 2 heterocycles. The van der Waals surface area contributed by atoms with Crippen LogP contribution in [-0.2, 0) is 57.4 Å². The molecule has 1 aromatic rings. The maximum absolute atomic E-state index is 14.4. The molecule has 31 nitrogen and oxygen atoms in total. The predicted octanol–water partition coefficient (Wildman–Crippen LogP) is 2.93. The van der Waals surface area contributed by atoms with Gasteiger partial charge in [0.15, 0.2) is 23.6 Å². The van der Waals surface area contributed by atoms with Crippen molar-refractivity contribution in [1.29, 1.82) is 0 Å². The number of likely N-dealkylation sites (N-methyl/N-ethyl adjacent to an activating group) is 1. The van der Waals surface area contributed by atoms with Crippen molar-refractivity contribution in [3.63, 3.8) is 0 Å². The fourth-order valence-corrected chi connectivity index (χ4v) is 10.3. The lowest BCUT2D eigenvalue weighted by Crippen LogP contribution is -2.71. The van der Waals surface area contributed by atoms with Gasteiger partial charge >= 0.3 is 30.5 Å². The van der Waals surface area contributed by atoms with Gasteiger partial charge in [-0.2, -0.15) is 0 Å². The molecule has 0 radical (unpaired) electrons. The molecule has 2 aliphatic heterocycles. The molecule has 3 fully saturated rings. The van der Waals surface area contributed by atoms with Crippen LogP contribution in [0.5, 0.6) is 0 Å². The first-order valence-corrected chi connectivity index (χ1v) is 29.0. The van der Waals surface area contributed by atoms with Gasteiger partial charge in [-0.15, -0.1) is 0 Å². The number of alkyl carbamates (subject to hydrolysis) is 2. The van der Waals surface area contributed by atoms with Crippen molar-refractivity contribution in [2.75, 3.05) is 26.7 Å². The van der Waals surface area contributed by atoms with Crippen LogP contribution in [0.15, 0.2) is 29.2 Å². The molecule has 1 aromatic carbocycles. The van der Waals surface area contributed by atoms with E-state index in [2.05, 4.69) is 26.1 Å². The molecular formula is C53H88N8O23S. The lowest BCUT2D eigenvalue weighted by molar-refractivity contribution is -0.387. The van der Waals surface area contributed by atoms with Crippen LogP contribution in [0.25, 0.3) is 0 Å². The Bertz CT molecular complexity index is 2630. The number of nitrogens with zero attached hydrogens (tertiary/aromatic N) is 3. The van der Waals surface area contributed by atoms with Gasteiger partial charge in [-0.05, 0) is 136 Å². The summed E-state index contributed by atoms with van der Waals surface area (Å²) in [5.41, 5.74) is -5.98. The first kappa shape index (κ1) is 71.5. The number of carbonyl (C=O) groups excluding carboxylic acids is 6. The Morgan fingerprint density at radius 2 is 1.20 bits per heavy atom. The minimum Gasteiger partial charge on any atom is -0.444 e. The number of amides is 6. The number of aliphatic hydroxyl groups is 4. The Hall–Kier alpha value is -5.97. The van der Waals surface area contributed by atoms with Gasteiger partial charge in [0.25, 0.3) is 11.6 Å². The fourth-order valence-electron chi connectivity index (χ4n) is 9.05. The zero-order valence-corrected chi connectivity index (χ0v) is 52.1. The Kier molecular flexibility index (Phi) is 23.4. The summed E-state index contributed by atoms with van der Waals surface area (Å²) < 4.78 is 82.0. The number of ether oxygens (including phenoxy) is 9. The van der Waals surface area contributed by atoms with E-state index >= 15 is 0 Å². The number of para-hydroxylation sites is 1. The number of sulfonamides is 1. The van der Waals surface area contributed by atoms with E-state index in [4.69, 9.17) is 42.6 Å². The Labute approximate surface area is 494 Å². The van der Waals surface area contributed by atoms with E-state index in [9.17, 15) is 67.7 Å². The quantitative estimate of drug-likeness (QED) is 0.0652. The van der Waals surface area contributed by atoms with Crippen molar-refractivity contribution in [3.8, 4) is 0 Å². The summed E-state index contributed by atoms with van der Waals surface area (Å²) in [5.74, 6) is -1.29. The van der Waals surface area contributed by atoms with Crippen LogP contribution in [0.4, 0.5) is 29.7 Å². The standard InChI is InChI=1S/C53H88N8O23S/c1-48(2,3)80-43(66)56-29-23-22-28(25-54-85(74,75)34-21-19-18-20-32(34)61(72)73)77-41(29)78-38-31(57-44(67)81-49(4,5)6)24-30(55-40(65)33(62)26-60(47(70)84-52(13,14)15)58-45(68)82-50(7,8)9)37(35(38)63)79-42-36(64)39(53(16,71)27-76-42)59(17)46(69)83-51(10,11)12/h18-21,28-31,33,35-39,41-42,54,62-64,71H,22-27H2,1-17H3,(H,55,65)(H,56,66)(H,57,67)(H,58,68)/t28-,29+,30+,31-,33?,35+,36+,37-,38+,39+,41+,42+,53-/m0/s1. The average molecular weight is 1240 g/mol. The molecule has 3 aliphatic rings. The number of carbonyl (C=O) groups is 6. The lowest BCUT2D eigenvalue weighted by Gasteiger charge is -2.51. The molecule has 0 spiro atoms. The van der Waals surface area contributed by atoms with Crippen molar-refractivity contribution in [2.24, 2.45) is 0 Å². The van der Waals surface area contributed by atoms with E-state index in [1.165, 1.54) is 46.9 Å². The molecule has 484 valence electrons. The van der Waals surface area contributed by atoms with Gasteiger partial charge in [-0.3, -0.25) is 14.9 Å². The SMILES string of the molecule is CN(C(=O)OC(C)(C)C)[C@@H]1[C@@H](O)[C@@H](O[C@@H]2[C@@H](O)[C@H](O[C@H]3O[C@H](CNS(=O)(=O)c4ccccc4[N+](=O)[O-])CC[C@H]3NC(=O)OC(C)(C)C)[C@@H](NC(=O)OC(C)(C)C)C[C@H]2NC(=O)C(O)CN(NC(=O)OC(C)(C)C)C(=O)OC(C)(C)C)OC[C@]1(C)O. The Balaban J connectivity index is 1.85. The van der Waals surface area contributed by atoms with Gasteiger partial charge in [0.1, 0.15) is 58.0 Å². The number of nitro groups is 1. The highest BCUT2D eigenvalue weighted by Crippen LogP contribution is 2.36. The van der Waals surface area contributed by atoms with Crippen LogP contribution in [0.3, 0.4) is 0 Å². The highest BCUT2D eigenvalue weighted by molar-refractivity contribution is 7.89. The molecule has 0 aromatic heterocycles. The van der Waals surface area contributed by atoms with Gasteiger partial charge < -0.3 is 83.9 Å². The van der Waals surface area contributed by atoms with Crippen LogP contribution in [0.2, 0.25) is 0 Å². The summed E-state index contributed by atoms with van der Waals surface area (Å²) >= 11 is 0. The van der Waals surface area contributed by atoms with Gasteiger partial charge in [0.05, 0.1) is 48.3 Å². The normalized spacial score (nSPS) is 27.2. The number of hydrogen-bond acceptors (Lipinski definition) is 23. The number of nitro benzene ring substituents is 1. The first-order valence-electron chi connectivity index (χ1n) is 27.5. The van der Waals surface area contributed by atoms with Crippen molar-refractivity contribution in [1.82, 2.24) is 36.0 Å². The number of aliphatic hydroxyl groups excluding tert-OH is 3. The van der Waals surface area contributed by atoms with Crippen molar-refractivity contribution >= 4 is 52.1 Å². The zero-order valence-electron chi connectivity index (χ0n) is 51.3. The van der Waals surface area contributed by atoms with Crippen molar-refractivity contribution in [2.45, 2.75) is 242 Å².